The van der Waals surface area contributed by atoms with Gasteiger partial charge in [0.1, 0.15) is 16.3 Å². The molecule has 0 amide bonds. The van der Waals surface area contributed by atoms with Gasteiger partial charge in [0.25, 0.3) is 5.56 Å². The van der Waals surface area contributed by atoms with E-state index in [2.05, 4.69) is 9.88 Å². The highest BCUT2D eigenvalue weighted by atomic mass is 32.2. The summed E-state index contributed by atoms with van der Waals surface area (Å²) in [4.78, 5) is 22.9. The minimum Gasteiger partial charge on any atom is -0.497 e. The fraction of sp³-hybridized carbons (Fsp3) is 0.478. The maximum absolute atomic E-state index is 13.3. The molecule has 0 N–H and O–H groups in total. The van der Waals surface area contributed by atoms with E-state index in [1.807, 2.05) is 30.0 Å². The molecule has 1 fully saturated rings. The third-order valence-corrected chi connectivity index (χ3v) is 8.51. The molecule has 1 aromatic carbocycles. The molecular formula is C23H27N3O3S2. The van der Waals surface area contributed by atoms with Gasteiger partial charge in [-0.3, -0.25) is 14.3 Å². The maximum atomic E-state index is 13.3. The van der Waals surface area contributed by atoms with Crippen molar-refractivity contribution in [2.24, 2.45) is 0 Å². The number of hydrogen-bond acceptors (Lipinski definition) is 7. The quantitative estimate of drug-likeness (QED) is 0.564. The monoisotopic (exact) mass is 457 g/mol. The van der Waals surface area contributed by atoms with Crippen LogP contribution in [0.3, 0.4) is 0 Å². The number of aryl methyl sites for hydroxylation is 3. The number of thiophene rings is 1. The molecule has 0 saturated carbocycles. The van der Waals surface area contributed by atoms with Crippen LogP contribution in [0.25, 0.3) is 10.2 Å². The Morgan fingerprint density at radius 3 is 2.71 bits per heavy atom. The first-order valence-corrected chi connectivity index (χ1v) is 12.7. The summed E-state index contributed by atoms with van der Waals surface area (Å²) < 4.78 is 12.5. The molecule has 31 heavy (non-hydrogen) atoms. The van der Waals surface area contributed by atoms with E-state index in [0.29, 0.717) is 19.0 Å². The highest BCUT2D eigenvalue weighted by Gasteiger charge is 2.30. The third-order valence-electron chi connectivity index (χ3n) is 6.36. The largest absolute Gasteiger partial charge is 0.497 e. The van der Waals surface area contributed by atoms with Crippen molar-refractivity contribution in [1.29, 1.82) is 0 Å². The number of nitrogens with zero attached hydrogens (tertiary/aromatic N) is 3. The van der Waals surface area contributed by atoms with Crippen LogP contribution in [0.1, 0.15) is 22.4 Å². The van der Waals surface area contributed by atoms with Crippen molar-refractivity contribution in [3.63, 3.8) is 0 Å². The topological polar surface area (TPSA) is 56.6 Å². The molecule has 2 aromatic heterocycles. The Morgan fingerprint density at radius 1 is 1.19 bits per heavy atom. The standard InChI is InChI=1S/C23H27N3O3S2/c1-28-17-9-15(10-18(12-17)29-2)5-6-25-13-24-22-21(23(25)27)19-4-3-16(11-20(19)31-22)26-7-8-30-14-26/h9-10,12-13,16H,3-8,11,14H2,1-2H3. The van der Waals surface area contributed by atoms with Gasteiger partial charge < -0.3 is 9.47 Å². The summed E-state index contributed by atoms with van der Waals surface area (Å²) in [5.41, 5.74) is 2.41. The highest BCUT2D eigenvalue weighted by molar-refractivity contribution is 7.99. The van der Waals surface area contributed by atoms with Gasteiger partial charge >= 0.3 is 0 Å². The summed E-state index contributed by atoms with van der Waals surface area (Å²) in [6.45, 7) is 1.77. The first-order valence-electron chi connectivity index (χ1n) is 10.7. The van der Waals surface area contributed by atoms with Crippen LogP contribution in [0.4, 0.5) is 0 Å². The van der Waals surface area contributed by atoms with Crippen molar-refractivity contribution in [3.05, 3.63) is 50.9 Å². The summed E-state index contributed by atoms with van der Waals surface area (Å²) >= 11 is 3.74. The number of thioether (sulfide) groups is 1. The van der Waals surface area contributed by atoms with Gasteiger partial charge in [-0.1, -0.05) is 0 Å². The Kier molecular flexibility index (Phi) is 5.95. The molecule has 2 aliphatic rings. The van der Waals surface area contributed by atoms with E-state index < -0.39 is 0 Å². The van der Waals surface area contributed by atoms with Crippen LogP contribution in [0, 0.1) is 0 Å². The molecule has 1 atom stereocenters. The van der Waals surface area contributed by atoms with Gasteiger partial charge in [-0.15, -0.1) is 23.1 Å². The van der Waals surface area contributed by atoms with Crippen molar-refractivity contribution >= 4 is 33.3 Å². The number of benzene rings is 1. The molecule has 0 radical (unpaired) electrons. The number of hydrogen-bond donors (Lipinski definition) is 0. The second kappa shape index (κ2) is 8.84. The minimum atomic E-state index is 0.0903. The lowest BCUT2D eigenvalue weighted by molar-refractivity contribution is 0.236. The van der Waals surface area contributed by atoms with Gasteiger partial charge in [-0.25, -0.2) is 4.98 Å². The van der Waals surface area contributed by atoms with E-state index in [1.54, 1.807) is 36.5 Å². The van der Waals surface area contributed by atoms with Crippen molar-refractivity contribution in [2.45, 2.75) is 38.3 Å². The summed E-state index contributed by atoms with van der Waals surface area (Å²) in [6, 6.07) is 6.45. The number of rotatable bonds is 6. The zero-order valence-corrected chi connectivity index (χ0v) is 19.6. The van der Waals surface area contributed by atoms with Gasteiger partial charge in [0.05, 0.1) is 25.9 Å². The highest BCUT2D eigenvalue weighted by Crippen LogP contribution is 2.36. The lowest BCUT2D eigenvalue weighted by atomic mass is 9.92. The number of fused-ring (bicyclic) bond motifs is 3. The molecular weight excluding hydrogens is 430 g/mol. The van der Waals surface area contributed by atoms with Crippen LogP contribution in [0.2, 0.25) is 0 Å². The van der Waals surface area contributed by atoms with Gasteiger partial charge in [0.15, 0.2) is 0 Å². The molecule has 8 heteroatoms. The first-order chi connectivity index (χ1) is 15.2. The summed E-state index contributed by atoms with van der Waals surface area (Å²) in [5, 5.41) is 0.847. The molecule has 0 bridgehead atoms. The van der Waals surface area contributed by atoms with Crippen molar-refractivity contribution in [3.8, 4) is 11.5 Å². The molecule has 164 valence electrons. The summed E-state index contributed by atoms with van der Waals surface area (Å²) in [5.74, 6) is 3.90. The Labute approximate surface area is 190 Å². The lowest BCUT2D eigenvalue weighted by Gasteiger charge is -2.30. The predicted octanol–water partition coefficient (Wildman–Crippen LogP) is 3.58. The second-order valence-electron chi connectivity index (χ2n) is 8.14. The minimum absolute atomic E-state index is 0.0903. The van der Waals surface area contributed by atoms with E-state index in [4.69, 9.17) is 9.47 Å². The van der Waals surface area contributed by atoms with Crippen LogP contribution in [0.15, 0.2) is 29.3 Å². The average molecular weight is 458 g/mol. The number of aromatic nitrogens is 2. The van der Waals surface area contributed by atoms with Crippen molar-refractivity contribution in [2.75, 3.05) is 32.4 Å². The molecule has 3 aromatic rings. The van der Waals surface area contributed by atoms with Gasteiger partial charge in [0, 0.05) is 41.7 Å². The lowest BCUT2D eigenvalue weighted by Crippen LogP contribution is -2.37. The molecule has 3 heterocycles. The van der Waals surface area contributed by atoms with E-state index in [-0.39, 0.29) is 5.56 Å². The third kappa shape index (κ3) is 4.08. The van der Waals surface area contributed by atoms with E-state index >= 15 is 0 Å². The van der Waals surface area contributed by atoms with Gasteiger partial charge in [0.2, 0.25) is 0 Å². The zero-order chi connectivity index (χ0) is 21.4. The molecule has 6 nitrogen and oxygen atoms in total. The van der Waals surface area contributed by atoms with Crippen molar-refractivity contribution < 1.29 is 9.47 Å². The average Bonchev–Trinajstić information content (AvgIpc) is 3.46. The number of ether oxygens (including phenoxy) is 2. The molecule has 1 aliphatic heterocycles. The maximum Gasteiger partial charge on any atom is 0.262 e. The fourth-order valence-corrected chi connectivity index (χ4v) is 6.95. The smallest absolute Gasteiger partial charge is 0.262 e. The van der Waals surface area contributed by atoms with Gasteiger partial charge in [-0.2, -0.15) is 0 Å². The SMILES string of the molecule is COc1cc(CCn2cnc3sc4c(c3c2=O)CCC(N2CCSC2)C4)cc(OC)c1. The summed E-state index contributed by atoms with van der Waals surface area (Å²) in [7, 11) is 3.29. The van der Waals surface area contributed by atoms with E-state index in [1.165, 1.54) is 22.7 Å². The Bertz CT molecular complexity index is 1130. The van der Waals surface area contributed by atoms with E-state index in [0.717, 1.165) is 52.4 Å². The van der Waals surface area contributed by atoms with Crippen LogP contribution in [-0.4, -0.2) is 52.9 Å². The van der Waals surface area contributed by atoms with Crippen LogP contribution >= 0.6 is 23.1 Å². The normalized spacial score (nSPS) is 19.0. The molecule has 1 aliphatic carbocycles. The van der Waals surface area contributed by atoms with Crippen molar-refractivity contribution in [1.82, 2.24) is 14.5 Å². The Morgan fingerprint density at radius 2 is 2.00 bits per heavy atom. The molecule has 0 spiro atoms. The molecule has 1 saturated heterocycles. The van der Waals surface area contributed by atoms with Gasteiger partial charge in [-0.05, 0) is 48.9 Å². The second-order valence-corrected chi connectivity index (χ2v) is 10.3. The molecule has 5 rings (SSSR count). The Balaban J connectivity index is 1.39. The number of methoxy groups -OCH3 is 2. The van der Waals surface area contributed by atoms with Crippen LogP contribution < -0.4 is 15.0 Å². The fourth-order valence-electron chi connectivity index (χ4n) is 4.63. The first kappa shape index (κ1) is 20.8. The molecule has 1 unspecified atom stereocenters. The zero-order valence-electron chi connectivity index (χ0n) is 17.9. The summed E-state index contributed by atoms with van der Waals surface area (Å²) in [6.07, 6.45) is 5.59. The predicted molar refractivity (Wildman–Crippen MR) is 127 cm³/mol. The Hall–Kier alpha value is -2.03. The van der Waals surface area contributed by atoms with Crippen LogP contribution in [0.5, 0.6) is 11.5 Å². The van der Waals surface area contributed by atoms with E-state index in [9.17, 15) is 4.79 Å². The van der Waals surface area contributed by atoms with Crippen LogP contribution in [-0.2, 0) is 25.8 Å².